The van der Waals surface area contributed by atoms with Crippen molar-refractivity contribution >= 4 is 16.0 Å². The number of esters is 1. The zero-order chi connectivity index (χ0) is 13.9. The first-order valence-electron chi connectivity index (χ1n) is 4.72. The first-order chi connectivity index (χ1) is 8.35. The van der Waals surface area contributed by atoms with E-state index in [9.17, 15) is 13.2 Å². The number of nitrogens with two attached hydrogens (primary N) is 1. The van der Waals surface area contributed by atoms with E-state index in [2.05, 4.69) is 4.74 Å². The van der Waals surface area contributed by atoms with Crippen LogP contribution in [0.25, 0.3) is 0 Å². The lowest BCUT2D eigenvalue weighted by molar-refractivity contribution is 0.0596. The molecule has 0 bridgehead atoms. The smallest absolute Gasteiger partial charge is 0.341 e. The molecule has 7 nitrogen and oxygen atoms in total. The molecule has 0 spiro atoms. The SMILES string of the molecule is COC(=O)c1cc(S(N)(=O)=O)cc(OC)c1OC. The van der Waals surface area contributed by atoms with Gasteiger partial charge in [-0.25, -0.2) is 18.4 Å². The van der Waals surface area contributed by atoms with Crippen molar-refractivity contribution < 1.29 is 27.4 Å². The largest absolute Gasteiger partial charge is 0.493 e. The van der Waals surface area contributed by atoms with Crippen molar-refractivity contribution in [2.24, 2.45) is 5.14 Å². The number of benzene rings is 1. The molecule has 0 aliphatic rings. The minimum absolute atomic E-state index is 0.0735. The third-order valence-corrected chi connectivity index (χ3v) is 3.08. The minimum Gasteiger partial charge on any atom is -0.493 e. The van der Waals surface area contributed by atoms with Gasteiger partial charge in [0.2, 0.25) is 10.0 Å². The zero-order valence-electron chi connectivity index (χ0n) is 10.1. The summed E-state index contributed by atoms with van der Waals surface area (Å²) < 4.78 is 37.1. The molecule has 0 unspecified atom stereocenters. The second kappa shape index (κ2) is 5.23. The number of methoxy groups -OCH3 is 3. The van der Waals surface area contributed by atoms with Crippen LogP contribution < -0.4 is 14.6 Å². The van der Waals surface area contributed by atoms with Crippen LogP contribution in [0, 0.1) is 0 Å². The molecule has 0 aromatic heterocycles. The highest BCUT2D eigenvalue weighted by Crippen LogP contribution is 2.34. The van der Waals surface area contributed by atoms with Crippen molar-refractivity contribution in [3.05, 3.63) is 17.7 Å². The van der Waals surface area contributed by atoms with Crippen molar-refractivity contribution in [2.75, 3.05) is 21.3 Å². The Labute approximate surface area is 104 Å². The summed E-state index contributed by atoms with van der Waals surface area (Å²) in [6.45, 7) is 0. The lowest BCUT2D eigenvalue weighted by Crippen LogP contribution is -2.14. The average molecular weight is 275 g/mol. The van der Waals surface area contributed by atoms with Crippen LogP contribution in [0.15, 0.2) is 17.0 Å². The fourth-order valence-electron chi connectivity index (χ4n) is 1.36. The summed E-state index contributed by atoms with van der Waals surface area (Å²) >= 11 is 0. The van der Waals surface area contributed by atoms with Crippen LogP contribution in [0.2, 0.25) is 0 Å². The highest BCUT2D eigenvalue weighted by Gasteiger charge is 2.22. The molecular weight excluding hydrogens is 262 g/mol. The molecule has 0 fully saturated rings. The summed E-state index contributed by atoms with van der Waals surface area (Å²) in [4.78, 5) is 11.3. The van der Waals surface area contributed by atoms with E-state index in [0.29, 0.717) is 0 Å². The molecule has 1 rings (SSSR count). The molecule has 0 saturated carbocycles. The summed E-state index contributed by atoms with van der Waals surface area (Å²) in [6.07, 6.45) is 0. The molecule has 2 N–H and O–H groups in total. The van der Waals surface area contributed by atoms with Gasteiger partial charge in [0.1, 0.15) is 5.56 Å². The molecule has 1 aromatic carbocycles. The van der Waals surface area contributed by atoms with Gasteiger partial charge in [-0.2, -0.15) is 0 Å². The Morgan fingerprint density at radius 2 is 1.78 bits per heavy atom. The molecule has 0 saturated heterocycles. The number of hydrogen-bond donors (Lipinski definition) is 1. The average Bonchev–Trinajstić information content (AvgIpc) is 2.34. The summed E-state index contributed by atoms with van der Waals surface area (Å²) in [5, 5.41) is 5.01. The molecule has 0 aliphatic heterocycles. The zero-order valence-corrected chi connectivity index (χ0v) is 10.9. The lowest BCUT2D eigenvalue weighted by Gasteiger charge is -2.13. The number of sulfonamides is 1. The predicted molar refractivity (Wildman–Crippen MR) is 62.3 cm³/mol. The molecule has 0 atom stereocenters. The second-order valence-corrected chi connectivity index (χ2v) is 4.80. The van der Waals surface area contributed by atoms with Crippen molar-refractivity contribution in [3.8, 4) is 11.5 Å². The normalized spacial score (nSPS) is 10.9. The van der Waals surface area contributed by atoms with E-state index in [1.807, 2.05) is 0 Å². The predicted octanol–water partition coefficient (Wildman–Crippen LogP) is 0.138. The molecule has 1 aromatic rings. The van der Waals surface area contributed by atoms with Crippen LogP contribution >= 0.6 is 0 Å². The van der Waals surface area contributed by atoms with Crippen molar-refractivity contribution in [3.63, 3.8) is 0 Å². The van der Waals surface area contributed by atoms with Gasteiger partial charge < -0.3 is 14.2 Å². The monoisotopic (exact) mass is 275 g/mol. The third kappa shape index (κ3) is 2.71. The number of carbonyl (C=O) groups excluding carboxylic acids is 1. The third-order valence-electron chi connectivity index (χ3n) is 2.19. The van der Waals surface area contributed by atoms with E-state index < -0.39 is 16.0 Å². The van der Waals surface area contributed by atoms with Gasteiger partial charge in [-0.05, 0) is 6.07 Å². The number of rotatable bonds is 4. The van der Waals surface area contributed by atoms with Crippen LogP contribution in [0.4, 0.5) is 0 Å². The minimum atomic E-state index is -3.97. The van der Waals surface area contributed by atoms with Crippen LogP contribution in [-0.2, 0) is 14.8 Å². The van der Waals surface area contributed by atoms with Crippen molar-refractivity contribution in [1.82, 2.24) is 0 Å². The van der Waals surface area contributed by atoms with Gasteiger partial charge in [-0.3, -0.25) is 0 Å². The second-order valence-electron chi connectivity index (χ2n) is 3.24. The molecule has 0 amide bonds. The van der Waals surface area contributed by atoms with E-state index >= 15 is 0 Å². The fraction of sp³-hybridized carbons (Fsp3) is 0.300. The Bertz CT molecular complexity index is 566. The summed E-state index contributed by atoms with van der Waals surface area (Å²) in [5.41, 5.74) is -0.0802. The highest BCUT2D eigenvalue weighted by atomic mass is 32.2. The van der Waals surface area contributed by atoms with Gasteiger partial charge in [0.25, 0.3) is 0 Å². The summed E-state index contributed by atoms with van der Waals surface area (Å²) in [6, 6.07) is 2.24. The first-order valence-corrected chi connectivity index (χ1v) is 6.27. The maximum Gasteiger partial charge on any atom is 0.341 e. The summed E-state index contributed by atoms with van der Waals surface area (Å²) in [5.74, 6) is -0.600. The van der Waals surface area contributed by atoms with Crippen molar-refractivity contribution in [2.45, 2.75) is 4.90 Å². The van der Waals surface area contributed by atoms with E-state index in [1.54, 1.807) is 0 Å². The number of primary sulfonamides is 1. The quantitative estimate of drug-likeness (QED) is 0.783. The number of hydrogen-bond acceptors (Lipinski definition) is 6. The maximum absolute atomic E-state index is 11.5. The van der Waals surface area contributed by atoms with Gasteiger partial charge in [-0.1, -0.05) is 0 Å². The highest BCUT2D eigenvalue weighted by molar-refractivity contribution is 7.89. The van der Waals surface area contributed by atoms with Gasteiger partial charge in [-0.15, -0.1) is 0 Å². The Hall–Kier alpha value is -1.80. The molecular formula is C10H13NO6S. The van der Waals surface area contributed by atoms with Crippen LogP contribution in [0.5, 0.6) is 11.5 Å². The standard InChI is InChI=1S/C10H13NO6S/c1-15-8-5-6(18(11,13)14)4-7(9(8)16-2)10(12)17-3/h4-5H,1-3H3,(H2,11,13,14). The lowest BCUT2D eigenvalue weighted by atomic mass is 10.2. The Kier molecular flexibility index (Phi) is 4.15. The number of ether oxygens (including phenoxy) is 3. The summed E-state index contributed by atoms with van der Waals surface area (Å²) in [7, 11) is -0.172. The topological polar surface area (TPSA) is 105 Å². The van der Waals surface area contributed by atoms with Crippen LogP contribution in [-0.4, -0.2) is 35.7 Å². The Balaban J connectivity index is 3.61. The molecule has 18 heavy (non-hydrogen) atoms. The van der Waals surface area contributed by atoms with E-state index in [1.165, 1.54) is 20.3 Å². The van der Waals surface area contributed by atoms with E-state index in [0.717, 1.165) is 13.2 Å². The van der Waals surface area contributed by atoms with Gasteiger partial charge in [0.05, 0.1) is 26.2 Å². The van der Waals surface area contributed by atoms with Gasteiger partial charge in [0.15, 0.2) is 11.5 Å². The van der Waals surface area contributed by atoms with Crippen LogP contribution in [0.1, 0.15) is 10.4 Å². The fourth-order valence-corrected chi connectivity index (χ4v) is 1.92. The molecule has 8 heteroatoms. The molecule has 0 aliphatic carbocycles. The van der Waals surface area contributed by atoms with Crippen LogP contribution in [0.3, 0.4) is 0 Å². The van der Waals surface area contributed by atoms with Gasteiger partial charge in [0, 0.05) is 6.07 Å². The Morgan fingerprint density at radius 3 is 2.17 bits per heavy atom. The van der Waals surface area contributed by atoms with Crippen molar-refractivity contribution in [1.29, 1.82) is 0 Å². The number of carbonyl (C=O) groups is 1. The Morgan fingerprint density at radius 1 is 1.17 bits per heavy atom. The van der Waals surface area contributed by atoms with E-state index in [4.69, 9.17) is 14.6 Å². The van der Waals surface area contributed by atoms with E-state index in [-0.39, 0.29) is 22.0 Å². The maximum atomic E-state index is 11.5. The molecule has 0 heterocycles. The molecule has 100 valence electrons. The van der Waals surface area contributed by atoms with Gasteiger partial charge >= 0.3 is 5.97 Å². The molecule has 0 radical (unpaired) electrons. The first kappa shape index (κ1) is 14.3.